The van der Waals surface area contributed by atoms with E-state index in [9.17, 15) is 0 Å². The maximum Gasteiger partial charge on any atom is 0.131 e. The summed E-state index contributed by atoms with van der Waals surface area (Å²) in [5.41, 5.74) is 1.15. The van der Waals surface area contributed by atoms with Gasteiger partial charge in [-0.15, -0.1) is 0 Å². The lowest BCUT2D eigenvalue weighted by atomic mass is 10.1. The maximum absolute atomic E-state index is 4.21. The molecule has 2 aromatic rings. The summed E-state index contributed by atoms with van der Waals surface area (Å²) < 4.78 is 0. The molecule has 0 amide bonds. The average Bonchev–Trinajstić information content (AvgIpc) is 2.36. The summed E-state index contributed by atoms with van der Waals surface area (Å²) in [6.07, 6.45) is 5.12. The van der Waals surface area contributed by atoms with Crippen molar-refractivity contribution < 1.29 is 0 Å². The Morgan fingerprint density at radius 2 is 1.74 bits per heavy atom. The lowest BCUT2D eigenvalue weighted by Gasteiger charge is -2.21. The molecule has 2 aromatic heterocycles. The van der Waals surface area contributed by atoms with E-state index < -0.39 is 0 Å². The Labute approximate surface area is 113 Å². The Balaban J connectivity index is 1.99. The Hall–Kier alpha value is -2.17. The van der Waals surface area contributed by atoms with Gasteiger partial charge in [-0.05, 0) is 38.5 Å². The Kier molecular flexibility index (Phi) is 3.94. The fourth-order valence-electron chi connectivity index (χ4n) is 1.60. The van der Waals surface area contributed by atoms with E-state index in [1.807, 2.05) is 18.2 Å². The van der Waals surface area contributed by atoms with Crippen molar-refractivity contribution in [3.05, 3.63) is 42.5 Å². The summed E-state index contributed by atoms with van der Waals surface area (Å²) >= 11 is 0. The highest BCUT2D eigenvalue weighted by molar-refractivity contribution is 5.47. The van der Waals surface area contributed by atoms with Gasteiger partial charge in [-0.3, -0.25) is 4.98 Å². The fourth-order valence-corrected chi connectivity index (χ4v) is 1.60. The molecule has 0 aliphatic carbocycles. The van der Waals surface area contributed by atoms with Gasteiger partial charge in [0.2, 0.25) is 0 Å². The van der Waals surface area contributed by atoms with Gasteiger partial charge in [0.25, 0.3) is 0 Å². The maximum atomic E-state index is 4.21. The van der Waals surface area contributed by atoms with Crippen LogP contribution in [0.4, 0.5) is 11.6 Å². The molecule has 5 nitrogen and oxygen atoms in total. The number of nitrogens with one attached hydrogen (secondary N) is 2. The molecular weight excluding hydrogens is 238 g/mol. The second-order valence-electron chi connectivity index (χ2n) is 5.37. The van der Waals surface area contributed by atoms with Gasteiger partial charge in [0, 0.05) is 30.5 Å². The molecular formula is C14H19N5. The van der Waals surface area contributed by atoms with Crippen LogP contribution in [-0.2, 0) is 6.54 Å². The van der Waals surface area contributed by atoms with Gasteiger partial charge in [-0.1, -0.05) is 0 Å². The third kappa shape index (κ3) is 4.54. The van der Waals surface area contributed by atoms with Crippen LogP contribution in [0, 0.1) is 0 Å². The Morgan fingerprint density at radius 1 is 1.05 bits per heavy atom. The zero-order chi connectivity index (χ0) is 13.7. The number of anilines is 2. The molecule has 0 atom stereocenters. The summed E-state index contributed by atoms with van der Waals surface area (Å²) in [4.78, 5) is 12.4. The fraction of sp³-hybridized carbons (Fsp3) is 0.357. The van der Waals surface area contributed by atoms with Crippen molar-refractivity contribution in [2.24, 2.45) is 0 Å². The van der Waals surface area contributed by atoms with Crippen LogP contribution in [0.3, 0.4) is 0 Å². The predicted molar refractivity (Wildman–Crippen MR) is 77.0 cm³/mol. The molecule has 0 fully saturated rings. The van der Waals surface area contributed by atoms with E-state index in [4.69, 9.17) is 0 Å². The molecule has 0 aliphatic heterocycles. The summed E-state index contributed by atoms with van der Waals surface area (Å²) in [6, 6.07) is 5.86. The molecule has 5 heteroatoms. The first-order chi connectivity index (χ1) is 9.03. The third-order valence-electron chi connectivity index (χ3n) is 2.39. The number of pyridine rings is 1. The Bertz CT molecular complexity index is 519. The molecule has 0 saturated heterocycles. The first-order valence-electron chi connectivity index (χ1n) is 6.26. The van der Waals surface area contributed by atoms with E-state index in [-0.39, 0.29) is 5.54 Å². The van der Waals surface area contributed by atoms with E-state index in [2.05, 4.69) is 46.4 Å². The quantitative estimate of drug-likeness (QED) is 0.881. The van der Waals surface area contributed by atoms with E-state index in [1.54, 1.807) is 18.7 Å². The number of hydrogen-bond donors (Lipinski definition) is 2. The summed E-state index contributed by atoms with van der Waals surface area (Å²) in [5, 5.41) is 6.59. The van der Waals surface area contributed by atoms with Crippen molar-refractivity contribution in [1.29, 1.82) is 0 Å². The van der Waals surface area contributed by atoms with Crippen molar-refractivity contribution in [2.75, 3.05) is 10.6 Å². The summed E-state index contributed by atoms with van der Waals surface area (Å²) in [5.74, 6) is 1.62. The van der Waals surface area contributed by atoms with Crippen LogP contribution in [0.2, 0.25) is 0 Å². The molecule has 100 valence electrons. The van der Waals surface area contributed by atoms with Crippen molar-refractivity contribution in [1.82, 2.24) is 15.0 Å². The molecule has 0 bridgehead atoms. The number of hydrogen-bond acceptors (Lipinski definition) is 5. The first kappa shape index (κ1) is 13.3. The summed E-state index contributed by atoms with van der Waals surface area (Å²) in [7, 11) is 0. The van der Waals surface area contributed by atoms with E-state index in [1.165, 1.54) is 5.56 Å². The van der Waals surface area contributed by atoms with Crippen LogP contribution in [0.1, 0.15) is 26.3 Å². The normalized spacial score (nSPS) is 11.1. The minimum absolute atomic E-state index is 0.0171. The lowest BCUT2D eigenvalue weighted by molar-refractivity contribution is 0.630. The number of aromatic nitrogens is 3. The highest BCUT2D eigenvalue weighted by Crippen LogP contribution is 2.14. The average molecular weight is 257 g/mol. The van der Waals surface area contributed by atoms with Crippen molar-refractivity contribution >= 4 is 11.6 Å². The van der Waals surface area contributed by atoms with Gasteiger partial charge in [-0.25, -0.2) is 9.97 Å². The van der Waals surface area contributed by atoms with E-state index in [0.717, 1.165) is 11.6 Å². The largest absolute Gasteiger partial charge is 0.366 e. The Morgan fingerprint density at radius 3 is 2.42 bits per heavy atom. The third-order valence-corrected chi connectivity index (χ3v) is 2.39. The van der Waals surface area contributed by atoms with Gasteiger partial charge < -0.3 is 10.6 Å². The second kappa shape index (κ2) is 5.65. The standard InChI is InChI=1S/C14H19N5/c1-14(2,3)19-13-8-12(17-10-18-13)16-9-11-4-6-15-7-5-11/h4-8,10H,9H2,1-3H3,(H2,16,17,18,19). The van der Waals surface area contributed by atoms with Crippen molar-refractivity contribution in [3.8, 4) is 0 Å². The topological polar surface area (TPSA) is 62.7 Å². The minimum atomic E-state index is -0.0171. The van der Waals surface area contributed by atoms with Crippen LogP contribution in [0.15, 0.2) is 36.9 Å². The first-order valence-corrected chi connectivity index (χ1v) is 6.26. The van der Waals surface area contributed by atoms with E-state index in [0.29, 0.717) is 6.54 Å². The van der Waals surface area contributed by atoms with Crippen LogP contribution >= 0.6 is 0 Å². The molecule has 2 heterocycles. The second-order valence-corrected chi connectivity index (χ2v) is 5.37. The molecule has 0 spiro atoms. The molecule has 0 radical (unpaired) electrons. The molecule has 0 aliphatic rings. The van der Waals surface area contributed by atoms with Crippen LogP contribution in [-0.4, -0.2) is 20.5 Å². The monoisotopic (exact) mass is 257 g/mol. The van der Waals surface area contributed by atoms with Gasteiger partial charge >= 0.3 is 0 Å². The van der Waals surface area contributed by atoms with Gasteiger partial charge in [0.1, 0.15) is 18.0 Å². The predicted octanol–water partition coefficient (Wildman–Crippen LogP) is 2.69. The van der Waals surface area contributed by atoms with Gasteiger partial charge in [0.05, 0.1) is 0 Å². The van der Waals surface area contributed by atoms with Crippen LogP contribution in [0.5, 0.6) is 0 Å². The summed E-state index contributed by atoms with van der Waals surface area (Å²) in [6.45, 7) is 7.01. The van der Waals surface area contributed by atoms with E-state index >= 15 is 0 Å². The zero-order valence-electron chi connectivity index (χ0n) is 11.5. The van der Waals surface area contributed by atoms with Crippen molar-refractivity contribution in [3.63, 3.8) is 0 Å². The number of rotatable bonds is 4. The van der Waals surface area contributed by atoms with Gasteiger partial charge in [-0.2, -0.15) is 0 Å². The highest BCUT2D eigenvalue weighted by atomic mass is 15.1. The SMILES string of the molecule is CC(C)(C)Nc1cc(NCc2ccncc2)ncn1. The molecule has 0 aromatic carbocycles. The number of nitrogens with zero attached hydrogens (tertiary/aromatic N) is 3. The minimum Gasteiger partial charge on any atom is -0.366 e. The zero-order valence-corrected chi connectivity index (χ0v) is 11.5. The lowest BCUT2D eigenvalue weighted by Crippen LogP contribution is -2.26. The molecule has 0 unspecified atom stereocenters. The smallest absolute Gasteiger partial charge is 0.131 e. The van der Waals surface area contributed by atoms with Crippen molar-refractivity contribution in [2.45, 2.75) is 32.9 Å². The van der Waals surface area contributed by atoms with Gasteiger partial charge in [0.15, 0.2) is 0 Å². The highest BCUT2D eigenvalue weighted by Gasteiger charge is 2.10. The van der Waals surface area contributed by atoms with Crippen LogP contribution < -0.4 is 10.6 Å². The molecule has 0 saturated carbocycles. The molecule has 19 heavy (non-hydrogen) atoms. The molecule has 2 rings (SSSR count). The van der Waals surface area contributed by atoms with Crippen LogP contribution in [0.25, 0.3) is 0 Å². The molecule has 2 N–H and O–H groups in total.